The van der Waals surface area contributed by atoms with Crippen LogP contribution in [0.15, 0.2) is 17.3 Å². The van der Waals surface area contributed by atoms with Crippen molar-refractivity contribution < 1.29 is 13.2 Å². The second kappa shape index (κ2) is 6.66. The van der Waals surface area contributed by atoms with Crippen molar-refractivity contribution in [2.24, 2.45) is 0 Å². The first kappa shape index (κ1) is 17.1. The molecule has 1 N–H and O–H groups in total. The molecule has 3 rings (SSSR count). The van der Waals surface area contributed by atoms with Crippen molar-refractivity contribution in [3.63, 3.8) is 0 Å². The third-order valence-electron chi connectivity index (χ3n) is 3.87. The van der Waals surface area contributed by atoms with Crippen molar-refractivity contribution in [1.29, 1.82) is 0 Å². The summed E-state index contributed by atoms with van der Waals surface area (Å²) < 4.78 is 32.9. The van der Waals surface area contributed by atoms with E-state index in [0.29, 0.717) is 29.4 Å². The largest absolute Gasteiger partial charge is 0.459 e. The highest BCUT2D eigenvalue weighted by atomic mass is 35.5. The molecule has 3 heterocycles. The van der Waals surface area contributed by atoms with Crippen LogP contribution in [-0.4, -0.2) is 52.1 Å². The summed E-state index contributed by atoms with van der Waals surface area (Å²) in [7, 11) is -3.61. The highest BCUT2D eigenvalue weighted by molar-refractivity contribution is 7.89. The standard InChI is InChI=1S/C14H18ClN5O3S/c1-9-13(10(2)19-18-9)24(21,22)20-5-3-4-12(8-20)23-14-16-6-11(15)7-17-14/h6-7,12H,3-5,8H2,1-2H3,(H,18,19). The number of hydrogen-bond acceptors (Lipinski definition) is 6. The molecular formula is C14H18ClN5O3S. The molecule has 2 aromatic heterocycles. The summed E-state index contributed by atoms with van der Waals surface area (Å²) in [6, 6.07) is 0.194. The molecule has 0 radical (unpaired) electrons. The second-order valence-corrected chi connectivity index (χ2v) is 8.00. The zero-order valence-electron chi connectivity index (χ0n) is 13.4. The van der Waals surface area contributed by atoms with Crippen LogP contribution in [0.1, 0.15) is 24.2 Å². The molecule has 1 aliphatic rings. The Morgan fingerprint density at radius 1 is 1.33 bits per heavy atom. The molecule has 1 saturated heterocycles. The summed E-state index contributed by atoms with van der Waals surface area (Å²) in [5.41, 5.74) is 1.01. The lowest BCUT2D eigenvalue weighted by atomic mass is 10.1. The molecule has 130 valence electrons. The van der Waals surface area contributed by atoms with Gasteiger partial charge in [0.05, 0.1) is 35.3 Å². The van der Waals surface area contributed by atoms with Crippen molar-refractivity contribution in [3.05, 3.63) is 28.8 Å². The van der Waals surface area contributed by atoms with Gasteiger partial charge in [0.2, 0.25) is 10.0 Å². The monoisotopic (exact) mass is 371 g/mol. The van der Waals surface area contributed by atoms with Crippen LogP contribution in [0.2, 0.25) is 5.02 Å². The van der Waals surface area contributed by atoms with Crippen LogP contribution in [0.5, 0.6) is 6.01 Å². The lowest BCUT2D eigenvalue weighted by Gasteiger charge is -2.31. The molecule has 10 heteroatoms. The minimum Gasteiger partial charge on any atom is -0.459 e. The van der Waals surface area contributed by atoms with Gasteiger partial charge in [0.15, 0.2) is 0 Å². The Kier molecular flexibility index (Phi) is 4.75. The number of H-pyrrole nitrogens is 1. The van der Waals surface area contributed by atoms with Crippen LogP contribution >= 0.6 is 11.6 Å². The average molecular weight is 372 g/mol. The van der Waals surface area contributed by atoms with Gasteiger partial charge in [0, 0.05) is 6.54 Å². The van der Waals surface area contributed by atoms with Crippen LogP contribution in [0.4, 0.5) is 0 Å². The number of hydrogen-bond donors (Lipinski definition) is 1. The van der Waals surface area contributed by atoms with Crippen LogP contribution in [0.25, 0.3) is 0 Å². The van der Waals surface area contributed by atoms with Gasteiger partial charge in [-0.15, -0.1) is 0 Å². The molecule has 2 aromatic rings. The van der Waals surface area contributed by atoms with Crippen molar-refractivity contribution in [2.45, 2.75) is 37.7 Å². The molecule has 0 aromatic carbocycles. The lowest BCUT2D eigenvalue weighted by Crippen LogP contribution is -2.44. The van der Waals surface area contributed by atoms with E-state index in [-0.39, 0.29) is 23.6 Å². The molecule has 0 bridgehead atoms. The number of rotatable bonds is 4. The van der Waals surface area contributed by atoms with Gasteiger partial charge in [-0.3, -0.25) is 5.10 Å². The molecular weight excluding hydrogens is 354 g/mol. The first-order valence-electron chi connectivity index (χ1n) is 7.54. The maximum atomic E-state index is 12.9. The Balaban J connectivity index is 1.77. The van der Waals surface area contributed by atoms with E-state index in [0.717, 1.165) is 6.42 Å². The Bertz CT molecular complexity index is 802. The number of nitrogens with zero attached hydrogens (tertiary/aromatic N) is 4. The Labute approximate surface area is 145 Å². The molecule has 1 atom stereocenters. The number of sulfonamides is 1. The topological polar surface area (TPSA) is 101 Å². The van der Waals surface area contributed by atoms with Gasteiger partial charge < -0.3 is 4.74 Å². The van der Waals surface area contributed by atoms with Gasteiger partial charge in [-0.25, -0.2) is 18.4 Å². The number of piperidine rings is 1. The van der Waals surface area contributed by atoms with Crippen molar-refractivity contribution in [1.82, 2.24) is 24.5 Å². The fourth-order valence-corrected chi connectivity index (χ4v) is 4.72. The average Bonchev–Trinajstić information content (AvgIpc) is 2.89. The summed E-state index contributed by atoms with van der Waals surface area (Å²) in [5.74, 6) is 0. The first-order chi connectivity index (χ1) is 11.4. The summed E-state index contributed by atoms with van der Waals surface area (Å²) >= 11 is 5.75. The molecule has 8 nitrogen and oxygen atoms in total. The Morgan fingerprint density at radius 2 is 2.04 bits per heavy atom. The molecule has 0 amide bonds. The lowest BCUT2D eigenvalue weighted by molar-refractivity contribution is 0.119. The van der Waals surface area contributed by atoms with E-state index >= 15 is 0 Å². The van der Waals surface area contributed by atoms with Crippen molar-refractivity contribution >= 4 is 21.6 Å². The van der Waals surface area contributed by atoms with E-state index in [1.54, 1.807) is 13.8 Å². The van der Waals surface area contributed by atoms with Gasteiger partial charge in [-0.1, -0.05) is 11.6 Å². The number of aromatic amines is 1. The Morgan fingerprint density at radius 3 is 2.67 bits per heavy atom. The van der Waals surface area contributed by atoms with Crippen LogP contribution in [-0.2, 0) is 10.0 Å². The molecule has 0 aliphatic carbocycles. The van der Waals surface area contributed by atoms with Gasteiger partial charge in [-0.05, 0) is 26.7 Å². The number of aryl methyl sites for hydroxylation is 2. The minimum atomic E-state index is -3.61. The molecule has 1 aliphatic heterocycles. The predicted octanol–water partition coefficient (Wildman–Crippen LogP) is 1.70. The predicted molar refractivity (Wildman–Crippen MR) is 87.5 cm³/mol. The van der Waals surface area contributed by atoms with E-state index in [9.17, 15) is 8.42 Å². The summed E-state index contributed by atoms with van der Waals surface area (Å²) in [4.78, 5) is 8.22. The molecule has 1 unspecified atom stereocenters. The minimum absolute atomic E-state index is 0.194. The van der Waals surface area contributed by atoms with E-state index in [1.807, 2.05) is 0 Å². The number of halogens is 1. The number of aromatic nitrogens is 4. The fourth-order valence-electron chi connectivity index (χ4n) is 2.78. The van der Waals surface area contributed by atoms with E-state index in [1.165, 1.54) is 16.7 Å². The maximum Gasteiger partial charge on any atom is 0.316 e. The summed E-state index contributed by atoms with van der Waals surface area (Å²) in [6.07, 6.45) is 4.02. The van der Waals surface area contributed by atoms with E-state index < -0.39 is 10.0 Å². The van der Waals surface area contributed by atoms with Crippen molar-refractivity contribution in [2.75, 3.05) is 13.1 Å². The fraction of sp³-hybridized carbons (Fsp3) is 0.500. The maximum absolute atomic E-state index is 12.9. The van der Waals surface area contributed by atoms with E-state index in [2.05, 4.69) is 20.2 Å². The third-order valence-corrected chi connectivity index (χ3v) is 6.19. The highest BCUT2D eigenvalue weighted by Crippen LogP contribution is 2.25. The number of nitrogens with one attached hydrogen (secondary N) is 1. The van der Waals surface area contributed by atoms with Crippen LogP contribution in [0.3, 0.4) is 0 Å². The number of ether oxygens (including phenoxy) is 1. The summed E-state index contributed by atoms with van der Waals surface area (Å²) in [5, 5.41) is 7.11. The zero-order valence-corrected chi connectivity index (χ0v) is 14.9. The van der Waals surface area contributed by atoms with Gasteiger partial charge in [0.1, 0.15) is 11.0 Å². The molecule has 24 heavy (non-hydrogen) atoms. The Hall–Kier alpha value is -1.71. The molecule has 0 saturated carbocycles. The van der Waals surface area contributed by atoms with Crippen LogP contribution in [0, 0.1) is 13.8 Å². The van der Waals surface area contributed by atoms with Gasteiger partial charge >= 0.3 is 6.01 Å². The van der Waals surface area contributed by atoms with Crippen LogP contribution < -0.4 is 4.74 Å². The normalized spacial score (nSPS) is 19.4. The highest BCUT2D eigenvalue weighted by Gasteiger charge is 2.34. The SMILES string of the molecule is Cc1n[nH]c(C)c1S(=O)(=O)N1CCCC(Oc2ncc(Cl)cn2)C1. The molecule has 1 fully saturated rings. The molecule has 0 spiro atoms. The van der Waals surface area contributed by atoms with Gasteiger partial charge in [-0.2, -0.15) is 9.40 Å². The zero-order chi connectivity index (χ0) is 17.3. The second-order valence-electron chi connectivity index (χ2n) is 5.69. The van der Waals surface area contributed by atoms with Crippen molar-refractivity contribution in [3.8, 4) is 6.01 Å². The summed E-state index contributed by atoms with van der Waals surface area (Å²) in [6.45, 7) is 4.08. The van der Waals surface area contributed by atoms with Gasteiger partial charge in [0.25, 0.3) is 0 Å². The van der Waals surface area contributed by atoms with E-state index in [4.69, 9.17) is 16.3 Å². The smallest absolute Gasteiger partial charge is 0.316 e. The third kappa shape index (κ3) is 3.38. The first-order valence-corrected chi connectivity index (χ1v) is 9.35. The quantitative estimate of drug-likeness (QED) is 0.877.